The summed E-state index contributed by atoms with van der Waals surface area (Å²) < 4.78 is 0. The Hall–Kier alpha value is -3.72. The number of aromatic nitrogens is 1. The molecule has 0 aliphatic heterocycles. The van der Waals surface area contributed by atoms with E-state index in [1.54, 1.807) is 37.4 Å². The highest BCUT2D eigenvalue weighted by Crippen LogP contribution is 2.51. The van der Waals surface area contributed by atoms with E-state index in [9.17, 15) is 34.2 Å². The lowest BCUT2D eigenvalue weighted by Crippen LogP contribution is -2.68. The van der Waals surface area contributed by atoms with Crippen LogP contribution in [-0.2, 0) is 25.6 Å². The molecule has 0 radical (unpaired) electrons. The first-order valence-corrected chi connectivity index (χ1v) is 11.0. The van der Waals surface area contributed by atoms with E-state index in [1.165, 1.54) is 0 Å². The van der Waals surface area contributed by atoms with Crippen LogP contribution in [0.25, 0.3) is 11.3 Å². The number of rotatable bonds is 2. The zero-order valence-corrected chi connectivity index (χ0v) is 18.3. The molecule has 0 spiro atoms. The number of carbonyl (C=O) groups is 5. The number of amides is 1. The minimum atomic E-state index is -2.65. The Kier molecular flexibility index (Phi) is 4.80. The van der Waals surface area contributed by atoms with Crippen molar-refractivity contribution in [3.63, 3.8) is 0 Å². The maximum atomic E-state index is 13.6. The summed E-state index contributed by atoms with van der Waals surface area (Å²) in [5.74, 6) is -10.2. The fraction of sp³-hybridized carbons (Fsp3) is 0.360. The Balaban J connectivity index is 1.65. The normalized spacial score (nSPS) is 30.4. The number of aryl methyl sites for hydroxylation is 1. The predicted octanol–water partition coefficient (Wildman–Crippen LogP) is 0.697. The minimum absolute atomic E-state index is 0.0249. The number of aliphatic hydroxyl groups is 1. The summed E-state index contributed by atoms with van der Waals surface area (Å²) in [6, 6.07) is 7.05. The number of aromatic hydroxyl groups is 1. The molecule has 5 rings (SSSR count). The molecule has 2 unspecified atom stereocenters. The highest BCUT2D eigenvalue weighted by Gasteiger charge is 2.66. The van der Waals surface area contributed by atoms with Gasteiger partial charge in [-0.1, -0.05) is 6.07 Å². The van der Waals surface area contributed by atoms with Gasteiger partial charge in [0, 0.05) is 24.1 Å². The molecule has 1 heterocycles. The number of phenolic OH excluding ortho intramolecular Hbond substituents is 1. The van der Waals surface area contributed by atoms with Gasteiger partial charge in [-0.2, -0.15) is 0 Å². The van der Waals surface area contributed by atoms with Gasteiger partial charge in [-0.25, -0.2) is 0 Å². The molecule has 5 atom stereocenters. The third-order valence-electron chi connectivity index (χ3n) is 7.53. The molecule has 9 nitrogen and oxygen atoms in total. The van der Waals surface area contributed by atoms with Crippen LogP contribution in [0.15, 0.2) is 30.5 Å². The van der Waals surface area contributed by atoms with E-state index in [1.807, 2.05) is 0 Å². The molecule has 2 saturated carbocycles. The van der Waals surface area contributed by atoms with Crippen molar-refractivity contribution in [2.24, 2.45) is 29.4 Å². The quantitative estimate of drug-likeness (QED) is 0.549. The number of carbonyl (C=O) groups excluding carboxylic acids is 5. The second-order valence-electron chi connectivity index (χ2n) is 9.40. The molecule has 1 aromatic carbocycles. The Bertz CT molecular complexity index is 1300. The Labute approximate surface area is 194 Å². The number of hydrogen-bond donors (Lipinski definition) is 3. The van der Waals surface area contributed by atoms with E-state index < -0.39 is 58.3 Å². The summed E-state index contributed by atoms with van der Waals surface area (Å²) >= 11 is 0. The third kappa shape index (κ3) is 2.83. The zero-order chi connectivity index (χ0) is 24.5. The van der Waals surface area contributed by atoms with E-state index in [2.05, 4.69) is 4.98 Å². The highest BCUT2D eigenvalue weighted by molar-refractivity contribution is 6.31. The van der Waals surface area contributed by atoms with Crippen LogP contribution >= 0.6 is 0 Å². The first-order chi connectivity index (χ1) is 16.1. The Morgan fingerprint density at radius 3 is 2.53 bits per heavy atom. The number of ketones is 4. The van der Waals surface area contributed by atoms with E-state index in [0.717, 1.165) is 0 Å². The number of nitrogens with zero attached hydrogens (tertiary/aromatic N) is 1. The monoisotopic (exact) mass is 462 g/mol. The summed E-state index contributed by atoms with van der Waals surface area (Å²) in [6.07, 6.45) is 1.51. The molecule has 0 bridgehead atoms. The number of nitrogens with two attached hydrogens (primary N) is 1. The van der Waals surface area contributed by atoms with Crippen LogP contribution in [-0.4, -0.2) is 49.8 Å². The molecule has 4 N–H and O–H groups in total. The van der Waals surface area contributed by atoms with E-state index in [4.69, 9.17) is 5.73 Å². The maximum absolute atomic E-state index is 13.6. The van der Waals surface area contributed by atoms with E-state index in [0.29, 0.717) is 22.4 Å². The van der Waals surface area contributed by atoms with Crippen molar-refractivity contribution in [1.82, 2.24) is 4.98 Å². The smallest absolute Gasteiger partial charge is 0.235 e. The summed E-state index contributed by atoms with van der Waals surface area (Å²) in [5, 5.41) is 22.0. The Morgan fingerprint density at radius 1 is 1.15 bits per heavy atom. The number of hydrogen-bond acceptors (Lipinski definition) is 8. The molecule has 1 aromatic heterocycles. The van der Waals surface area contributed by atoms with Gasteiger partial charge >= 0.3 is 0 Å². The van der Waals surface area contributed by atoms with Gasteiger partial charge in [-0.3, -0.25) is 29.0 Å². The summed E-state index contributed by atoms with van der Waals surface area (Å²) in [7, 11) is 0. The second kappa shape index (κ2) is 7.39. The van der Waals surface area contributed by atoms with E-state index >= 15 is 0 Å². The SMILES string of the molecule is Cc1cc(-c2ccccn2)c2c(c1O)C(=O)C1C(=O)[C@]3(O)C(=O)C(C(N)=O)C(=O)C[C@@H]3C[C@@H]1C2. The van der Waals surface area contributed by atoms with Gasteiger partial charge in [-0.15, -0.1) is 0 Å². The molecule has 3 aliphatic carbocycles. The molecule has 174 valence electrons. The number of fused-ring (bicyclic) bond motifs is 3. The van der Waals surface area contributed by atoms with Crippen LogP contribution < -0.4 is 5.73 Å². The number of Topliss-reactive ketones (excluding diaryl/α,β-unsaturated/α-hetero) is 4. The lowest BCUT2D eigenvalue weighted by Gasteiger charge is -2.48. The second-order valence-corrected chi connectivity index (χ2v) is 9.40. The van der Waals surface area contributed by atoms with Gasteiger partial charge in [0.2, 0.25) is 5.91 Å². The molecule has 34 heavy (non-hydrogen) atoms. The molecular weight excluding hydrogens is 440 g/mol. The van der Waals surface area contributed by atoms with Crippen LogP contribution in [0.1, 0.15) is 34.3 Å². The number of primary amides is 1. The van der Waals surface area contributed by atoms with Crippen molar-refractivity contribution in [3.8, 4) is 17.0 Å². The van der Waals surface area contributed by atoms with Crippen molar-refractivity contribution < 1.29 is 34.2 Å². The first kappa shape index (κ1) is 22.1. The van der Waals surface area contributed by atoms with Crippen molar-refractivity contribution in [2.75, 3.05) is 0 Å². The number of phenols is 1. The molecule has 3 aliphatic rings. The third-order valence-corrected chi connectivity index (χ3v) is 7.53. The van der Waals surface area contributed by atoms with Gasteiger partial charge in [0.1, 0.15) is 5.75 Å². The van der Waals surface area contributed by atoms with Crippen LogP contribution in [0.4, 0.5) is 0 Å². The molecule has 2 fully saturated rings. The average Bonchev–Trinajstić information content (AvgIpc) is 2.79. The lowest BCUT2D eigenvalue weighted by atomic mass is 9.53. The topological polar surface area (TPSA) is 165 Å². The zero-order valence-electron chi connectivity index (χ0n) is 18.3. The lowest BCUT2D eigenvalue weighted by molar-refractivity contribution is -0.175. The minimum Gasteiger partial charge on any atom is -0.507 e. The van der Waals surface area contributed by atoms with Crippen LogP contribution in [0.3, 0.4) is 0 Å². The molecule has 0 saturated heterocycles. The van der Waals surface area contributed by atoms with Gasteiger partial charge < -0.3 is 15.9 Å². The van der Waals surface area contributed by atoms with E-state index in [-0.39, 0.29) is 30.6 Å². The van der Waals surface area contributed by atoms with Crippen molar-refractivity contribution in [2.45, 2.75) is 31.8 Å². The van der Waals surface area contributed by atoms with Gasteiger partial charge in [0.05, 0.1) is 17.2 Å². The predicted molar refractivity (Wildman–Crippen MR) is 116 cm³/mol. The van der Waals surface area contributed by atoms with Gasteiger partial charge in [0.25, 0.3) is 0 Å². The maximum Gasteiger partial charge on any atom is 0.235 e. The molecule has 9 heteroatoms. The van der Waals surface area contributed by atoms with Crippen molar-refractivity contribution in [1.29, 1.82) is 0 Å². The summed E-state index contributed by atoms with van der Waals surface area (Å²) in [4.78, 5) is 68.6. The largest absolute Gasteiger partial charge is 0.507 e. The fourth-order valence-corrected chi connectivity index (χ4v) is 5.92. The highest BCUT2D eigenvalue weighted by atomic mass is 16.3. The molecule has 2 aromatic rings. The van der Waals surface area contributed by atoms with Crippen molar-refractivity contribution in [3.05, 3.63) is 47.2 Å². The standard InChI is InChI=1S/C25H22N2O7/c1-10-6-13(15-4-2-3-5-27-15)14-8-11-7-12-9-16(28)19(24(26)33)23(32)25(12,34)22(31)17(11)21(30)18(14)20(10)29/h2-6,11-12,17,19,29,34H,7-9H2,1H3,(H2,26,33)/t11-,12+,17?,19?,25+/m1/s1. The van der Waals surface area contributed by atoms with Crippen LogP contribution in [0, 0.1) is 30.6 Å². The molecular formula is C25H22N2O7. The van der Waals surface area contributed by atoms with Crippen molar-refractivity contribution >= 4 is 29.0 Å². The van der Waals surface area contributed by atoms with Crippen LogP contribution in [0.2, 0.25) is 0 Å². The van der Waals surface area contributed by atoms with Gasteiger partial charge in [0.15, 0.2) is 34.7 Å². The first-order valence-electron chi connectivity index (χ1n) is 11.0. The Morgan fingerprint density at radius 2 is 1.88 bits per heavy atom. The average molecular weight is 462 g/mol. The summed E-state index contributed by atoms with van der Waals surface area (Å²) in [5.41, 5.74) is 4.72. The van der Waals surface area contributed by atoms with Gasteiger partial charge in [-0.05, 0) is 55.0 Å². The number of benzene rings is 1. The summed E-state index contributed by atoms with van der Waals surface area (Å²) in [6.45, 7) is 1.63. The number of pyridine rings is 1. The molecule has 1 amide bonds. The fourth-order valence-electron chi connectivity index (χ4n) is 5.92. The van der Waals surface area contributed by atoms with Crippen LogP contribution in [0.5, 0.6) is 5.75 Å².